The predicted octanol–water partition coefficient (Wildman–Crippen LogP) is 4.28. The van der Waals surface area contributed by atoms with Gasteiger partial charge in [0.1, 0.15) is 6.04 Å². The van der Waals surface area contributed by atoms with Crippen molar-refractivity contribution in [1.82, 2.24) is 19.8 Å². The number of carbonyl (C=O) groups excluding carboxylic acids is 2. The van der Waals surface area contributed by atoms with Crippen LogP contribution in [0.1, 0.15) is 80.5 Å². The van der Waals surface area contributed by atoms with Crippen molar-refractivity contribution in [2.45, 2.75) is 77.4 Å². The Morgan fingerprint density at radius 1 is 1.24 bits per heavy atom. The minimum absolute atomic E-state index is 0.0194. The van der Waals surface area contributed by atoms with E-state index in [1.165, 1.54) is 0 Å². The van der Waals surface area contributed by atoms with E-state index in [4.69, 9.17) is 0 Å². The monoisotopic (exact) mass is 414 g/mol. The Bertz CT molecular complexity index is 827. The third kappa shape index (κ3) is 5.01. The van der Waals surface area contributed by atoms with E-state index in [2.05, 4.69) is 14.9 Å². The molecule has 1 heterocycles. The Morgan fingerprint density at radius 2 is 1.90 bits per heavy atom. The summed E-state index contributed by atoms with van der Waals surface area (Å²) in [6.07, 6.45) is 4.72. The summed E-state index contributed by atoms with van der Waals surface area (Å²) < 4.78 is 3.86. The van der Waals surface area contributed by atoms with Crippen molar-refractivity contribution in [3.8, 4) is 0 Å². The molecule has 2 amide bonds. The van der Waals surface area contributed by atoms with Crippen LogP contribution in [-0.2, 0) is 4.79 Å². The van der Waals surface area contributed by atoms with Gasteiger partial charge in [-0.05, 0) is 57.1 Å². The number of nitrogens with one attached hydrogen (secondary N) is 1. The molecule has 1 aliphatic carbocycles. The van der Waals surface area contributed by atoms with Gasteiger partial charge in [-0.3, -0.25) is 9.59 Å². The average Bonchev–Trinajstić information content (AvgIpc) is 3.40. The average molecular weight is 415 g/mol. The third-order valence-electron chi connectivity index (χ3n) is 5.80. The van der Waals surface area contributed by atoms with Gasteiger partial charge in [0.15, 0.2) is 5.69 Å². The summed E-state index contributed by atoms with van der Waals surface area (Å²) in [5, 5.41) is 8.81. The van der Waals surface area contributed by atoms with Crippen LogP contribution in [0, 0.1) is 6.92 Å². The van der Waals surface area contributed by atoms with Gasteiger partial charge in [0.2, 0.25) is 5.91 Å². The van der Waals surface area contributed by atoms with Gasteiger partial charge >= 0.3 is 0 Å². The van der Waals surface area contributed by atoms with Crippen LogP contribution in [0.3, 0.4) is 0 Å². The molecule has 0 radical (unpaired) electrons. The summed E-state index contributed by atoms with van der Waals surface area (Å²) in [6, 6.07) is 7.20. The third-order valence-corrected chi connectivity index (χ3v) is 6.30. The lowest BCUT2D eigenvalue weighted by Gasteiger charge is -2.37. The van der Waals surface area contributed by atoms with Gasteiger partial charge in [0.25, 0.3) is 5.91 Å². The minimum atomic E-state index is -0.696. The highest BCUT2D eigenvalue weighted by Gasteiger charge is 2.39. The predicted molar refractivity (Wildman–Crippen MR) is 115 cm³/mol. The standard InChI is InChI=1S/C22H30N4O2S/c1-5-22(3,4)23-20(27)19(16-12-10-15(2)11-13-16)26(17-8-6-7-9-17)21(28)18-14-29-25-24-18/h10-14,17,19H,5-9H2,1-4H3,(H,23,27). The van der Waals surface area contributed by atoms with Gasteiger partial charge in [-0.15, -0.1) is 5.10 Å². The van der Waals surface area contributed by atoms with Crippen LogP contribution in [0.4, 0.5) is 0 Å². The van der Waals surface area contributed by atoms with Crippen LogP contribution >= 0.6 is 11.5 Å². The second-order valence-electron chi connectivity index (χ2n) is 8.48. The smallest absolute Gasteiger partial charge is 0.276 e. The topological polar surface area (TPSA) is 75.2 Å². The molecule has 0 bridgehead atoms. The van der Waals surface area contributed by atoms with E-state index in [-0.39, 0.29) is 23.4 Å². The van der Waals surface area contributed by atoms with Crippen LogP contribution in [0.5, 0.6) is 0 Å². The van der Waals surface area contributed by atoms with Crippen molar-refractivity contribution >= 4 is 23.3 Å². The molecule has 1 unspecified atom stereocenters. The van der Waals surface area contributed by atoms with Crippen molar-refractivity contribution in [1.29, 1.82) is 0 Å². The zero-order chi connectivity index (χ0) is 21.0. The molecule has 0 saturated heterocycles. The van der Waals surface area contributed by atoms with E-state index in [1.807, 2.05) is 52.0 Å². The van der Waals surface area contributed by atoms with E-state index in [9.17, 15) is 9.59 Å². The number of aromatic nitrogens is 2. The van der Waals surface area contributed by atoms with E-state index in [0.29, 0.717) is 5.69 Å². The molecule has 29 heavy (non-hydrogen) atoms. The molecule has 1 atom stereocenters. The number of amides is 2. The van der Waals surface area contributed by atoms with Crippen LogP contribution < -0.4 is 5.32 Å². The number of rotatable bonds is 7. The van der Waals surface area contributed by atoms with E-state index in [0.717, 1.165) is 54.8 Å². The lowest BCUT2D eigenvalue weighted by Crippen LogP contribution is -2.52. The van der Waals surface area contributed by atoms with Crippen LogP contribution in [-0.4, -0.2) is 37.9 Å². The van der Waals surface area contributed by atoms with Gasteiger partial charge in [-0.25, -0.2) is 0 Å². The number of hydrogen-bond acceptors (Lipinski definition) is 5. The molecule has 1 N–H and O–H groups in total. The molecule has 1 aromatic heterocycles. The van der Waals surface area contributed by atoms with Crippen molar-refractivity contribution in [2.75, 3.05) is 0 Å². The summed E-state index contributed by atoms with van der Waals surface area (Å²) in [6.45, 7) is 8.06. The van der Waals surface area contributed by atoms with Gasteiger partial charge in [0, 0.05) is 17.0 Å². The quantitative estimate of drug-likeness (QED) is 0.734. The lowest BCUT2D eigenvalue weighted by atomic mass is 9.96. The highest BCUT2D eigenvalue weighted by molar-refractivity contribution is 7.03. The van der Waals surface area contributed by atoms with Gasteiger partial charge in [0.05, 0.1) is 0 Å². The summed E-state index contributed by atoms with van der Waals surface area (Å²) in [5.74, 6) is -0.371. The highest BCUT2D eigenvalue weighted by atomic mass is 32.1. The van der Waals surface area contributed by atoms with E-state index >= 15 is 0 Å². The first-order valence-corrected chi connectivity index (χ1v) is 11.1. The summed E-state index contributed by atoms with van der Waals surface area (Å²) in [5.41, 5.74) is 1.89. The first-order chi connectivity index (χ1) is 13.8. The molecule has 0 aliphatic heterocycles. The summed E-state index contributed by atoms with van der Waals surface area (Å²) in [4.78, 5) is 28.8. The van der Waals surface area contributed by atoms with Crippen molar-refractivity contribution < 1.29 is 9.59 Å². The molecule has 156 valence electrons. The molecule has 0 spiro atoms. The van der Waals surface area contributed by atoms with Crippen molar-refractivity contribution in [3.63, 3.8) is 0 Å². The molecule has 1 saturated carbocycles. The lowest BCUT2D eigenvalue weighted by molar-refractivity contribution is -0.128. The highest BCUT2D eigenvalue weighted by Crippen LogP contribution is 2.33. The maximum atomic E-state index is 13.5. The molecule has 7 heteroatoms. The fraction of sp³-hybridized carbons (Fsp3) is 0.545. The van der Waals surface area contributed by atoms with Crippen molar-refractivity contribution in [2.24, 2.45) is 0 Å². The zero-order valence-electron chi connectivity index (χ0n) is 17.6. The Hall–Kier alpha value is -2.28. The maximum absolute atomic E-state index is 13.5. The molecule has 1 fully saturated rings. The van der Waals surface area contributed by atoms with Crippen molar-refractivity contribution in [3.05, 3.63) is 46.5 Å². The number of carbonyl (C=O) groups is 2. The number of aryl methyl sites for hydroxylation is 1. The van der Waals surface area contributed by atoms with Gasteiger partial charge < -0.3 is 10.2 Å². The Kier molecular flexibility index (Phi) is 6.67. The Balaban J connectivity index is 2.05. The molecular formula is C22H30N4O2S. The first-order valence-electron chi connectivity index (χ1n) is 10.3. The second kappa shape index (κ2) is 9.03. The van der Waals surface area contributed by atoms with Gasteiger partial charge in [-0.2, -0.15) is 0 Å². The summed E-state index contributed by atoms with van der Waals surface area (Å²) in [7, 11) is 0. The number of nitrogens with zero attached hydrogens (tertiary/aromatic N) is 3. The molecule has 2 aromatic rings. The van der Waals surface area contributed by atoms with Gasteiger partial charge in [-0.1, -0.05) is 54.1 Å². The van der Waals surface area contributed by atoms with E-state index < -0.39 is 6.04 Å². The molecule has 3 rings (SSSR count). The molecule has 1 aromatic carbocycles. The second-order valence-corrected chi connectivity index (χ2v) is 9.09. The van der Waals surface area contributed by atoms with Crippen LogP contribution in [0.2, 0.25) is 0 Å². The fourth-order valence-corrected chi connectivity index (χ4v) is 4.17. The fourth-order valence-electron chi connectivity index (χ4n) is 3.74. The number of hydrogen-bond donors (Lipinski definition) is 1. The summed E-state index contributed by atoms with van der Waals surface area (Å²) >= 11 is 1.15. The Labute approximate surface area is 176 Å². The normalized spacial score (nSPS) is 15.9. The van der Waals surface area contributed by atoms with Crippen LogP contribution in [0.25, 0.3) is 0 Å². The maximum Gasteiger partial charge on any atom is 0.276 e. The van der Waals surface area contributed by atoms with E-state index in [1.54, 1.807) is 10.3 Å². The van der Waals surface area contributed by atoms with Crippen LogP contribution in [0.15, 0.2) is 29.6 Å². The molecular weight excluding hydrogens is 384 g/mol. The Morgan fingerprint density at radius 3 is 2.45 bits per heavy atom. The SMILES string of the molecule is CCC(C)(C)NC(=O)C(c1ccc(C)cc1)N(C(=O)c1csnn1)C1CCCC1. The number of benzene rings is 1. The molecule has 6 nitrogen and oxygen atoms in total. The first kappa shape index (κ1) is 21.4. The largest absolute Gasteiger partial charge is 0.349 e. The zero-order valence-corrected chi connectivity index (χ0v) is 18.5. The minimum Gasteiger partial charge on any atom is -0.349 e. The molecule has 1 aliphatic rings.